The molecule has 21 heavy (non-hydrogen) atoms. The van der Waals surface area contributed by atoms with Crippen LogP contribution >= 0.6 is 0 Å². The van der Waals surface area contributed by atoms with Crippen LogP contribution in [0.5, 0.6) is 0 Å². The fourth-order valence-corrected chi connectivity index (χ4v) is 2.26. The second-order valence-electron chi connectivity index (χ2n) is 5.42. The van der Waals surface area contributed by atoms with E-state index in [1.165, 1.54) is 11.8 Å². The molecule has 0 unspecified atom stereocenters. The highest BCUT2D eigenvalue weighted by Crippen LogP contribution is 2.16. The van der Waals surface area contributed by atoms with Gasteiger partial charge in [-0.1, -0.05) is 30.3 Å². The summed E-state index contributed by atoms with van der Waals surface area (Å²) < 4.78 is 1.64. The molecule has 0 spiro atoms. The van der Waals surface area contributed by atoms with E-state index in [1.807, 2.05) is 18.2 Å². The number of rotatable bonds is 6. The van der Waals surface area contributed by atoms with Crippen molar-refractivity contribution in [1.82, 2.24) is 14.7 Å². The number of aryl methyl sites for hydroxylation is 1. The number of carboxylic acids is 1. The number of carbonyl (C=O) groups is 1. The molecule has 0 saturated heterocycles. The maximum atomic E-state index is 11.3. The summed E-state index contributed by atoms with van der Waals surface area (Å²) in [5.41, 5.74) is 2.22. The van der Waals surface area contributed by atoms with E-state index in [9.17, 15) is 9.90 Å². The van der Waals surface area contributed by atoms with Crippen molar-refractivity contribution in [2.45, 2.75) is 33.0 Å². The Morgan fingerprint density at radius 3 is 2.52 bits per heavy atom. The summed E-state index contributed by atoms with van der Waals surface area (Å²) in [6.07, 6.45) is 1.42. The highest BCUT2D eigenvalue weighted by Gasteiger charge is 2.19. The zero-order chi connectivity index (χ0) is 15.4. The van der Waals surface area contributed by atoms with Gasteiger partial charge in [0.2, 0.25) is 0 Å². The molecule has 0 radical (unpaired) electrons. The summed E-state index contributed by atoms with van der Waals surface area (Å²) in [5.74, 6) is -0.929. The van der Waals surface area contributed by atoms with Crippen molar-refractivity contribution >= 4 is 5.97 Å². The van der Waals surface area contributed by atoms with E-state index in [4.69, 9.17) is 0 Å². The Hall–Kier alpha value is -2.14. The lowest BCUT2D eigenvalue weighted by Gasteiger charge is -2.26. The summed E-state index contributed by atoms with van der Waals surface area (Å²) in [7, 11) is 1.78. The molecule has 0 saturated carbocycles. The molecule has 112 valence electrons. The van der Waals surface area contributed by atoms with Crippen LogP contribution in [0.3, 0.4) is 0 Å². The normalized spacial score (nSPS) is 11.3. The molecule has 0 aliphatic rings. The maximum absolute atomic E-state index is 11.3. The van der Waals surface area contributed by atoms with Gasteiger partial charge in [-0.15, -0.1) is 0 Å². The third kappa shape index (κ3) is 3.70. The molecule has 1 heterocycles. The van der Waals surface area contributed by atoms with Crippen molar-refractivity contribution in [3.8, 4) is 0 Å². The molecule has 0 aliphatic carbocycles. The predicted octanol–water partition coefficient (Wildman–Crippen LogP) is 2.53. The minimum atomic E-state index is -0.929. The van der Waals surface area contributed by atoms with Crippen molar-refractivity contribution < 1.29 is 9.90 Å². The van der Waals surface area contributed by atoms with Crippen molar-refractivity contribution in [1.29, 1.82) is 0 Å². The molecule has 1 N–H and O–H groups in total. The van der Waals surface area contributed by atoms with E-state index in [1.54, 1.807) is 11.7 Å². The Bertz CT molecular complexity index is 605. The van der Waals surface area contributed by atoms with Crippen LogP contribution in [0.2, 0.25) is 0 Å². The molecule has 5 heteroatoms. The third-order valence-corrected chi connectivity index (χ3v) is 3.60. The van der Waals surface area contributed by atoms with Crippen LogP contribution in [0.4, 0.5) is 0 Å². The molecule has 1 aromatic carbocycles. The van der Waals surface area contributed by atoms with Gasteiger partial charge in [0, 0.05) is 26.2 Å². The van der Waals surface area contributed by atoms with Crippen LogP contribution in [0.25, 0.3) is 0 Å². The number of nitrogens with zero attached hydrogens (tertiary/aromatic N) is 3. The number of hydrogen-bond donors (Lipinski definition) is 1. The molecule has 5 nitrogen and oxygen atoms in total. The van der Waals surface area contributed by atoms with Crippen LogP contribution in [0.1, 0.15) is 35.5 Å². The average Bonchev–Trinajstić information content (AvgIpc) is 2.80. The molecule has 0 bridgehead atoms. The van der Waals surface area contributed by atoms with Crippen molar-refractivity contribution in [3.05, 3.63) is 53.3 Å². The van der Waals surface area contributed by atoms with Gasteiger partial charge in [-0.25, -0.2) is 4.79 Å². The molecule has 0 atom stereocenters. The largest absolute Gasteiger partial charge is 0.478 e. The topological polar surface area (TPSA) is 58.4 Å². The first-order valence-corrected chi connectivity index (χ1v) is 7.01. The zero-order valence-corrected chi connectivity index (χ0v) is 12.7. The van der Waals surface area contributed by atoms with Gasteiger partial charge in [0.15, 0.2) is 0 Å². The average molecular weight is 287 g/mol. The van der Waals surface area contributed by atoms with E-state index in [2.05, 4.69) is 36.0 Å². The number of carboxylic acid groups (broad SMARTS) is 1. The van der Waals surface area contributed by atoms with E-state index in [-0.39, 0.29) is 5.56 Å². The quantitative estimate of drug-likeness (QED) is 0.887. The summed E-state index contributed by atoms with van der Waals surface area (Å²) in [5, 5.41) is 13.3. The van der Waals surface area contributed by atoms with Gasteiger partial charge in [0.1, 0.15) is 5.56 Å². The van der Waals surface area contributed by atoms with Gasteiger partial charge in [-0.05, 0) is 19.4 Å². The maximum Gasteiger partial charge on any atom is 0.339 e. The SMILES string of the molecule is CC(C)N(Cc1ccccc1)Cc1c(C(=O)O)cnn1C. The van der Waals surface area contributed by atoms with Crippen molar-refractivity contribution in [2.75, 3.05) is 0 Å². The second kappa shape index (κ2) is 6.54. The monoisotopic (exact) mass is 287 g/mol. The van der Waals surface area contributed by atoms with Crippen LogP contribution in [0.15, 0.2) is 36.5 Å². The Morgan fingerprint density at radius 2 is 1.95 bits per heavy atom. The standard InChI is InChI=1S/C16H21N3O2/c1-12(2)19(10-13-7-5-4-6-8-13)11-15-14(16(20)21)9-17-18(15)3/h4-9,12H,10-11H2,1-3H3,(H,20,21). The molecule has 0 aliphatic heterocycles. The van der Waals surface area contributed by atoms with E-state index < -0.39 is 5.97 Å². The first kappa shape index (κ1) is 15.3. The smallest absolute Gasteiger partial charge is 0.339 e. The predicted molar refractivity (Wildman–Crippen MR) is 81.0 cm³/mol. The highest BCUT2D eigenvalue weighted by atomic mass is 16.4. The van der Waals surface area contributed by atoms with Crippen LogP contribution in [-0.4, -0.2) is 31.8 Å². The fourth-order valence-electron chi connectivity index (χ4n) is 2.26. The van der Waals surface area contributed by atoms with Gasteiger partial charge in [-0.2, -0.15) is 5.10 Å². The first-order valence-electron chi connectivity index (χ1n) is 7.01. The molecule has 2 aromatic rings. The number of aromatic carboxylic acids is 1. The van der Waals surface area contributed by atoms with Gasteiger partial charge in [0.05, 0.1) is 11.9 Å². The Kier molecular flexibility index (Phi) is 4.75. The summed E-state index contributed by atoms with van der Waals surface area (Å²) in [6.45, 7) is 5.56. The molecule has 0 amide bonds. The highest BCUT2D eigenvalue weighted by molar-refractivity contribution is 5.88. The molecule has 0 fully saturated rings. The summed E-state index contributed by atoms with van der Waals surface area (Å²) in [6, 6.07) is 10.5. The Balaban J connectivity index is 2.21. The number of benzene rings is 1. The van der Waals surface area contributed by atoms with Crippen molar-refractivity contribution in [3.63, 3.8) is 0 Å². The van der Waals surface area contributed by atoms with Gasteiger partial charge >= 0.3 is 5.97 Å². The molecule has 1 aromatic heterocycles. The Morgan fingerprint density at radius 1 is 1.29 bits per heavy atom. The van der Waals surface area contributed by atoms with E-state index in [0.717, 1.165) is 12.2 Å². The number of hydrogen-bond acceptors (Lipinski definition) is 3. The van der Waals surface area contributed by atoms with E-state index >= 15 is 0 Å². The van der Waals surface area contributed by atoms with Crippen LogP contribution in [-0.2, 0) is 20.1 Å². The van der Waals surface area contributed by atoms with Crippen LogP contribution < -0.4 is 0 Å². The lowest BCUT2D eigenvalue weighted by Crippen LogP contribution is -2.31. The lowest BCUT2D eigenvalue weighted by molar-refractivity contribution is 0.0693. The Labute approximate surface area is 124 Å². The van der Waals surface area contributed by atoms with Gasteiger partial charge < -0.3 is 5.11 Å². The number of aromatic nitrogens is 2. The van der Waals surface area contributed by atoms with Gasteiger partial charge in [0.25, 0.3) is 0 Å². The third-order valence-electron chi connectivity index (χ3n) is 3.60. The zero-order valence-electron chi connectivity index (χ0n) is 12.7. The van der Waals surface area contributed by atoms with Crippen molar-refractivity contribution in [2.24, 2.45) is 7.05 Å². The van der Waals surface area contributed by atoms with Gasteiger partial charge in [-0.3, -0.25) is 9.58 Å². The molecule has 2 rings (SSSR count). The lowest BCUT2D eigenvalue weighted by atomic mass is 10.1. The second-order valence-corrected chi connectivity index (χ2v) is 5.42. The van der Waals surface area contributed by atoms with Crippen LogP contribution in [0, 0.1) is 0 Å². The molecular weight excluding hydrogens is 266 g/mol. The van der Waals surface area contributed by atoms with E-state index in [0.29, 0.717) is 12.6 Å². The minimum absolute atomic E-state index is 0.274. The minimum Gasteiger partial charge on any atom is -0.478 e. The fraction of sp³-hybridized carbons (Fsp3) is 0.375. The molecular formula is C16H21N3O2. The first-order chi connectivity index (χ1) is 9.99. The summed E-state index contributed by atoms with van der Waals surface area (Å²) >= 11 is 0. The summed E-state index contributed by atoms with van der Waals surface area (Å²) in [4.78, 5) is 13.5.